The summed E-state index contributed by atoms with van der Waals surface area (Å²) in [4.78, 5) is 34.2. The number of carbonyl (C=O) groups is 2. The first kappa shape index (κ1) is 22.0. The molecule has 0 amide bonds. The van der Waals surface area contributed by atoms with E-state index in [1.807, 2.05) is 19.1 Å². The van der Waals surface area contributed by atoms with Gasteiger partial charge in [0.1, 0.15) is 10.4 Å². The number of carbonyl (C=O) groups excluding carboxylic acids is 1. The van der Waals surface area contributed by atoms with Gasteiger partial charge in [-0.05, 0) is 37.1 Å². The molecule has 34 heavy (non-hydrogen) atoms. The number of hydrogen-bond donors (Lipinski definition) is 4. The van der Waals surface area contributed by atoms with Crippen LogP contribution in [0.15, 0.2) is 42.6 Å². The van der Waals surface area contributed by atoms with Gasteiger partial charge in [0.2, 0.25) is 11.8 Å². The lowest BCUT2D eigenvalue weighted by Gasteiger charge is -2.37. The maximum atomic E-state index is 13.6. The molecule has 0 saturated heterocycles. The third-order valence-corrected chi connectivity index (χ3v) is 7.33. The van der Waals surface area contributed by atoms with Gasteiger partial charge in [-0.1, -0.05) is 12.1 Å². The number of aryl methyl sites for hydroxylation is 2. The molecule has 172 valence electrons. The van der Waals surface area contributed by atoms with E-state index in [4.69, 9.17) is 21.9 Å². The van der Waals surface area contributed by atoms with E-state index in [9.17, 15) is 14.7 Å². The zero-order chi connectivity index (χ0) is 24.4. The highest BCUT2D eigenvalue weighted by molar-refractivity contribution is 7.21. The first-order valence-electron chi connectivity index (χ1n) is 10.4. The minimum atomic E-state index is -1.65. The summed E-state index contributed by atoms with van der Waals surface area (Å²) in [7, 11) is 0. The number of nitrogens with two attached hydrogens (primary N) is 3. The minimum Gasteiger partial charge on any atom is -0.477 e. The summed E-state index contributed by atoms with van der Waals surface area (Å²) >= 11 is 0.993. The van der Waals surface area contributed by atoms with Crippen LogP contribution in [-0.4, -0.2) is 26.8 Å². The molecule has 1 aliphatic rings. The lowest BCUT2D eigenvalue weighted by Crippen LogP contribution is -2.53. The van der Waals surface area contributed by atoms with Crippen molar-refractivity contribution in [3.05, 3.63) is 75.4 Å². The molecule has 0 saturated carbocycles. The highest BCUT2D eigenvalue weighted by atomic mass is 32.1. The third kappa shape index (κ3) is 3.07. The van der Waals surface area contributed by atoms with Crippen molar-refractivity contribution in [1.82, 2.24) is 9.97 Å². The second-order valence-electron chi connectivity index (χ2n) is 8.26. The molecule has 3 aromatic heterocycles. The monoisotopic (exact) mass is 475 g/mol. The van der Waals surface area contributed by atoms with Crippen molar-refractivity contribution in [2.24, 2.45) is 11.5 Å². The number of Topliss-reactive ketones (excluding diaryl/α,β-unsaturated/α-hetero) is 1. The second kappa shape index (κ2) is 7.59. The van der Waals surface area contributed by atoms with Crippen molar-refractivity contribution in [2.45, 2.75) is 25.4 Å². The molecule has 10 heteroatoms. The first-order valence-corrected chi connectivity index (χ1v) is 11.2. The van der Waals surface area contributed by atoms with Gasteiger partial charge in [-0.3, -0.25) is 4.79 Å². The van der Waals surface area contributed by atoms with Crippen LogP contribution in [0.25, 0.3) is 10.1 Å². The van der Waals surface area contributed by atoms with E-state index in [2.05, 4.69) is 9.97 Å². The van der Waals surface area contributed by atoms with Gasteiger partial charge in [-0.25, -0.2) is 14.8 Å². The molecule has 2 unspecified atom stereocenters. The number of anilines is 1. The smallest absolute Gasteiger partial charge is 0.346 e. The van der Waals surface area contributed by atoms with Crippen LogP contribution >= 0.6 is 11.3 Å². The molecule has 3 heterocycles. The molecule has 9 nitrogen and oxygen atoms in total. The predicted octanol–water partition coefficient (Wildman–Crippen LogP) is 3.17. The Morgan fingerprint density at radius 3 is 2.62 bits per heavy atom. The van der Waals surface area contributed by atoms with Gasteiger partial charge in [0.05, 0.1) is 10.7 Å². The average Bonchev–Trinajstić information content (AvgIpc) is 3.19. The topological polar surface area (TPSA) is 167 Å². The molecule has 4 aromatic rings. The van der Waals surface area contributed by atoms with Gasteiger partial charge in [0, 0.05) is 46.2 Å². The minimum absolute atomic E-state index is 0.0127. The van der Waals surface area contributed by atoms with Crippen LogP contribution in [0.1, 0.15) is 43.7 Å². The zero-order valence-electron chi connectivity index (χ0n) is 18.3. The van der Waals surface area contributed by atoms with Crippen LogP contribution in [-0.2, 0) is 10.3 Å². The van der Waals surface area contributed by atoms with Gasteiger partial charge >= 0.3 is 5.97 Å². The Hall–Kier alpha value is -3.86. The van der Waals surface area contributed by atoms with Gasteiger partial charge in [-0.15, -0.1) is 11.3 Å². The highest BCUT2D eigenvalue weighted by Gasteiger charge is 2.49. The summed E-state index contributed by atoms with van der Waals surface area (Å²) in [6.45, 7) is 3.65. The summed E-state index contributed by atoms with van der Waals surface area (Å²) in [5.41, 5.74) is 20.6. The van der Waals surface area contributed by atoms with Crippen LogP contribution < -0.4 is 21.9 Å². The van der Waals surface area contributed by atoms with Crippen LogP contribution in [0.4, 0.5) is 5.69 Å². The molecular weight excluding hydrogens is 454 g/mol. The molecule has 0 fully saturated rings. The Morgan fingerprint density at radius 2 is 1.94 bits per heavy atom. The molecule has 2 atom stereocenters. The Balaban J connectivity index is 1.68. The predicted molar refractivity (Wildman–Crippen MR) is 128 cm³/mol. The lowest BCUT2D eigenvalue weighted by atomic mass is 9.70. The molecule has 7 N–H and O–H groups in total. The molecule has 1 aliphatic carbocycles. The summed E-state index contributed by atoms with van der Waals surface area (Å²) in [6, 6.07) is 9.12. The van der Waals surface area contributed by atoms with Crippen molar-refractivity contribution in [1.29, 1.82) is 0 Å². The van der Waals surface area contributed by atoms with Crippen molar-refractivity contribution in [3.63, 3.8) is 0 Å². The first-order chi connectivity index (χ1) is 16.1. The third-order valence-electron chi connectivity index (χ3n) is 6.09. The standard InChI is InChI=1S/C24H21N5O4S/c1-10-8-16(33-15-5-3-4-11(2)29-15)28-9-13(10)24(27)12-6-7-14(25)20-17(12)18(19(26)22(24)30)21(34-20)23(31)32/h3-9,19H,25-27H2,1-2H3,(H,31,32). The molecule has 0 aliphatic heterocycles. The number of nitrogens with zero attached hydrogens (tertiary/aromatic N) is 2. The number of aromatic nitrogens is 2. The molecule has 1 aromatic carbocycles. The number of nitrogen functional groups attached to an aromatic ring is 1. The van der Waals surface area contributed by atoms with Crippen LogP contribution in [0.5, 0.6) is 11.8 Å². The van der Waals surface area contributed by atoms with E-state index in [0.29, 0.717) is 44.2 Å². The van der Waals surface area contributed by atoms with E-state index in [1.54, 1.807) is 31.2 Å². The summed E-state index contributed by atoms with van der Waals surface area (Å²) in [5, 5.41) is 10.2. The number of ketones is 1. The fraction of sp³-hybridized carbons (Fsp3) is 0.167. The van der Waals surface area contributed by atoms with E-state index < -0.39 is 23.3 Å². The van der Waals surface area contributed by atoms with Crippen molar-refractivity contribution in [3.8, 4) is 11.8 Å². The maximum Gasteiger partial charge on any atom is 0.346 e. The number of benzene rings is 1. The fourth-order valence-corrected chi connectivity index (χ4v) is 5.64. The van der Waals surface area contributed by atoms with Gasteiger partial charge in [0.15, 0.2) is 5.78 Å². The van der Waals surface area contributed by atoms with Crippen LogP contribution in [0.2, 0.25) is 0 Å². The normalized spacial score (nSPS) is 19.4. The molecule has 0 bridgehead atoms. The number of carboxylic acid groups (broad SMARTS) is 1. The van der Waals surface area contributed by atoms with Gasteiger partial charge in [0.25, 0.3) is 0 Å². The second-order valence-corrected chi connectivity index (χ2v) is 9.28. The van der Waals surface area contributed by atoms with E-state index >= 15 is 0 Å². The Bertz CT molecular complexity index is 1520. The van der Waals surface area contributed by atoms with E-state index in [-0.39, 0.29) is 10.4 Å². The average molecular weight is 476 g/mol. The maximum absolute atomic E-state index is 13.6. The molecule has 0 radical (unpaired) electrons. The Labute approximate surface area is 198 Å². The summed E-state index contributed by atoms with van der Waals surface area (Å²) < 4.78 is 6.31. The number of thiophene rings is 1. The number of carboxylic acids is 1. The zero-order valence-corrected chi connectivity index (χ0v) is 19.1. The molecule has 5 rings (SSSR count). The highest BCUT2D eigenvalue weighted by Crippen LogP contribution is 2.49. The SMILES string of the molecule is Cc1cccc(Oc2cc(C)c(C3(N)C(=O)C(N)c4c(C(=O)O)sc5c(N)ccc3c45)cn2)n1. The fourth-order valence-electron chi connectivity index (χ4n) is 4.50. The van der Waals surface area contributed by atoms with E-state index in [1.165, 1.54) is 6.20 Å². The van der Waals surface area contributed by atoms with Crippen molar-refractivity contribution < 1.29 is 19.4 Å². The van der Waals surface area contributed by atoms with Gasteiger partial charge < -0.3 is 27.0 Å². The van der Waals surface area contributed by atoms with E-state index in [0.717, 1.165) is 17.0 Å². The summed E-state index contributed by atoms with van der Waals surface area (Å²) in [5.74, 6) is -1.01. The number of rotatable bonds is 4. The number of ether oxygens (including phenoxy) is 1. The quantitative estimate of drug-likeness (QED) is 0.324. The van der Waals surface area contributed by atoms with Crippen LogP contribution in [0, 0.1) is 13.8 Å². The van der Waals surface area contributed by atoms with Crippen LogP contribution in [0.3, 0.4) is 0 Å². The number of pyridine rings is 2. The Kier molecular flexibility index (Phi) is 4.90. The molecular formula is C24H21N5O4S. The number of aromatic carboxylic acids is 1. The largest absolute Gasteiger partial charge is 0.477 e. The Morgan fingerprint density at radius 1 is 1.18 bits per heavy atom. The van der Waals surface area contributed by atoms with Crippen molar-refractivity contribution in [2.75, 3.05) is 5.73 Å². The number of hydrogen-bond acceptors (Lipinski definition) is 9. The lowest BCUT2D eigenvalue weighted by molar-refractivity contribution is -0.124. The summed E-state index contributed by atoms with van der Waals surface area (Å²) in [6.07, 6.45) is 1.49. The van der Waals surface area contributed by atoms with Gasteiger partial charge in [-0.2, -0.15) is 0 Å². The molecule has 0 spiro atoms. The van der Waals surface area contributed by atoms with Crippen molar-refractivity contribution >= 4 is 38.9 Å².